The molecule has 0 saturated carbocycles. The molecule has 7 heteroatoms. The minimum Gasteiger partial charge on any atom is -0.493 e. The molecule has 30 heavy (non-hydrogen) atoms. The lowest BCUT2D eigenvalue weighted by atomic mass is 10.2. The molecule has 2 aromatic carbocycles. The Morgan fingerprint density at radius 3 is 2.70 bits per heavy atom. The summed E-state index contributed by atoms with van der Waals surface area (Å²) < 4.78 is 28.4. The molecule has 2 heterocycles. The fourth-order valence-corrected chi connectivity index (χ4v) is 3.44. The number of ether oxygens (including phenoxy) is 4. The predicted molar refractivity (Wildman–Crippen MR) is 111 cm³/mol. The van der Waals surface area contributed by atoms with Crippen molar-refractivity contribution in [2.45, 2.75) is 26.2 Å². The van der Waals surface area contributed by atoms with Gasteiger partial charge in [0.2, 0.25) is 0 Å². The van der Waals surface area contributed by atoms with Gasteiger partial charge < -0.3 is 23.5 Å². The van der Waals surface area contributed by atoms with Crippen molar-refractivity contribution in [3.8, 4) is 23.0 Å². The first-order valence-electron chi connectivity index (χ1n) is 9.89. The Labute approximate surface area is 176 Å². The first-order chi connectivity index (χ1) is 14.6. The van der Waals surface area contributed by atoms with Crippen molar-refractivity contribution in [1.82, 2.24) is 10.1 Å². The van der Waals surface area contributed by atoms with Gasteiger partial charge in [-0.3, -0.25) is 4.90 Å². The third-order valence-corrected chi connectivity index (χ3v) is 4.81. The molecule has 0 radical (unpaired) electrons. The molecule has 0 spiro atoms. The summed E-state index contributed by atoms with van der Waals surface area (Å²) in [6.07, 6.45) is -0.0199. The van der Waals surface area contributed by atoms with E-state index in [2.05, 4.69) is 17.1 Å². The fourth-order valence-electron chi connectivity index (χ4n) is 3.44. The number of aryl methyl sites for hydroxylation is 1. The summed E-state index contributed by atoms with van der Waals surface area (Å²) in [4.78, 5) is 2.20. The van der Waals surface area contributed by atoms with Gasteiger partial charge in [-0.05, 0) is 43.8 Å². The Morgan fingerprint density at radius 1 is 1.10 bits per heavy atom. The molecule has 0 bridgehead atoms. The van der Waals surface area contributed by atoms with Gasteiger partial charge >= 0.3 is 0 Å². The van der Waals surface area contributed by atoms with E-state index in [1.165, 1.54) is 0 Å². The van der Waals surface area contributed by atoms with Crippen LogP contribution >= 0.6 is 0 Å². The molecule has 1 atom stereocenters. The second kappa shape index (κ2) is 9.09. The van der Waals surface area contributed by atoms with Gasteiger partial charge in [-0.15, -0.1) is 0 Å². The molecule has 0 saturated heterocycles. The molecule has 0 amide bonds. The van der Waals surface area contributed by atoms with E-state index in [1.807, 2.05) is 55.5 Å². The maximum absolute atomic E-state index is 6.06. The van der Waals surface area contributed by atoms with E-state index in [4.69, 9.17) is 23.5 Å². The second-order valence-electron chi connectivity index (χ2n) is 7.40. The van der Waals surface area contributed by atoms with Gasteiger partial charge in [-0.25, -0.2) is 0 Å². The van der Waals surface area contributed by atoms with Crippen LogP contribution in [0.4, 0.5) is 0 Å². The molecule has 1 aliphatic heterocycles. The number of rotatable bonds is 8. The zero-order chi connectivity index (χ0) is 20.9. The fraction of sp³-hybridized carbons (Fsp3) is 0.348. The van der Waals surface area contributed by atoms with Gasteiger partial charge in [0.25, 0.3) is 0 Å². The van der Waals surface area contributed by atoms with Crippen LogP contribution in [0.3, 0.4) is 0 Å². The van der Waals surface area contributed by atoms with Crippen molar-refractivity contribution in [2.24, 2.45) is 0 Å². The van der Waals surface area contributed by atoms with Gasteiger partial charge in [0, 0.05) is 19.2 Å². The standard InChI is InChI=1S/C23H26N2O5/c1-16-10-18(30-24-16)14-28-23-11-17(8-9-20(23)26-3)12-25(2)13-19-15-27-21-6-4-5-7-22(21)29-19/h4-11,19H,12-15H2,1-3H3. The highest BCUT2D eigenvalue weighted by atomic mass is 16.6. The van der Waals surface area contributed by atoms with Crippen LogP contribution in [-0.2, 0) is 13.2 Å². The number of benzene rings is 2. The van der Waals surface area contributed by atoms with Crippen LogP contribution in [0.1, 0.15) is 17.0 Å². The molecule has 0 N–H and O–H groups in total. The highest BCUT2D eigenvalue weighted by Crippen LogP contribution is 2.32. The summed E-state index contributed by atoms with van der Waals surface area (Å²) in [5.41, 5.74) is 1.94. The average Bonchev–Trinajstić information content (AvgIpc) is 3.17. The molecule has 1 aromatic heterocycles. The van der Waals surface area contributed by atoms with Gasteiger partial charge in [0.15, 0.2) is 28.8 Å². The quantitative estimate of drug-likeness (QED) is 0.559. The molecular formula is C23H26N2O5. The topological polar surface area (TPSA) is 66.2 Å². The van der Waals surface area contributed by atoms with Crippen LogP contribution in [0, 0.1) is 6.92 Å². The van der Waals surface area contributed by atoms with Crippen LogP contribution < -0.4 is 18.9 Å². The number of likely N-dealkylation sites (N-methyl/N-ethyl adjacent to an activating group) is 1. The Bertz CT molecular complexity index is 987. The normalized spacial score (nSPS) is 15.3. The SMILES string of the molecule is COc1ccc(CN(C)CC2COc3ccccc3O2)cc1OCc1cc(C)no1. The Kier molecular flexibility index (Phi) is 6.09. The number of methoxy groups -OCH3 is 1. The lowest BCUT2D eigenvalue weighted by Gasteiger charge is -2.29. The number of hydrogen-bond acceptors (Lipinski definition) is 7. The van der Waals surface area contributed by atoms with E-state index in [0.717, 1.165) is 35.8 Å². The summed E-state index contributed by atoms with van der Waals surface area (Å²) in [5.74, 6) is 3.62. The molecule has 3 aromatic rings. The maximum Gasteiger partial charge on any atom is 0.174 e. The zero-order valence-corrected chi connectivity index (χ0v) is 17.5. The number of nitrogens with zero attached hydrogens (tertiary/aromatic N) is 2. The number of fused-ring (bicyclic) bond motifs is 1. The molecule has 0 fully saturated rings. The minimum atomic E-state index is -0.0199. The molecule has 0 aliphatic carbocycles. The van der Waals surface area contributed by atoms with Crippen LogP contribution in [0.2, 0.25) is 0 Å². The Hall–Kier alpha value is -3.19. The highest BCUT2D eigenvalue weighted by molar-refractivity contribution is 5.43. The lowest BCUT2D eigenvalue weighted by molar-refractivity contribution is 0.0638. The number of para-hydroxylation sites is 2. The first-order valence-corrected chi connectivity index (χ1v) is 9.89. The van der Waals surface area contributed by atoms with Crippen LogP contribution in [0.15, 0.2) is 53.1 Å². The summed E-state index contributed by atoms with van der Waals surface area (Å²) in [7, 11) is 3.69. The first kappa shape index (κ1) is 20.1. The number of aromatic nitrogens is 1. The minimum absolute atomic E-state index is 0.0199. The lowest BCUT2D eigenvalue weighted by Crippen LogP contribution is -2.39. The Morgan fingerprint density at radius 2 is 1.93 bits per heavy atom. The smallest absolute Gasteiger partial charge is 0.174 e. The van der Waals surface area contributed by atoms with E-state index >= 15 is 0 Å². The summed E-state index contributed by atoms with van der Waals surface area (Å²) in [5, 5.41) is 3.88. The van der Waals surface area contributed by atoms with E-state index in [-0.39, 0.29) is 6.10 Å². The molecule has 158 valence electrons. The van der Waals surface area contributed by atoms with Crippen molar-refractivity contribution in [3.05, 3.63) is 65.5 Å². The van der Waals surface area contributed by atoms with Crippen LogP contribution in [-0.4, -0.2) is 43.5 Å². The molecule has 1 unspecified atom stereocenters. The van der Waals surface area contributed by atoms with Gasteiger partial charge in [0.05, 0.1) is 12.8 Å². The molecule has 7 nitrogen and oxygen atoms in total. The summed E-state index contributed by atoms with van der Waals surface area (Å²) in [6, 6.07) is 15.6. The van der Waals surface area contributed by atoms with Gasteiger partial charge in [0.1, 0.15) is 19.3 Å². The summed E-state index contributed by atoms with van der Waals surface area (Å²) >= 11 is 0. The van der Waals surface area contributed by atoms with Gasteiger partial charge in [-0.1, -0.05) is 23.4 Å². The molecule has 4 rings (SSSR count). The van der Waals surface area contributed by atoms with E-state index < -0.39 is 0 Å². The van der Waals surface area contributed by atoms with Crippen molar-refractivity contribution in [3.63, 3.8) is 0 Å². The van der Waals surface area contributed by atoms with Crippen molar-refractivity contribution >= 4 is 0 Å². The zero-order valence-electron chi connectivity index (χ0n) is 17.5. The van der Waals surface area contributed by atoms with Crippen molar-refractivity contribution < 1.29 is 23.5 Å². The average molecular weight is 410 g/mol. The largest absolute Gasteiger partial charge is 0.493 e. The highest BCUT2D eigenvalue weighted by Gasteiger charge is 2.22. The van der Waals surface area contributed by atoms with Crippen LogP contribution in [0.5, 0.6) is 23.0 Å². The van der Waals surface area contributed by atoms with E-state index in [1.54, 1.807) is 7.11 Å². The monoisotopic (exact) mass is 410 g/mol. The molecule has 1 aliphatic rings. The Balaban J connectivity index is 1.36. The predicted octanol–water partition coefficient (Wildman–Crippen LogP) is 3.84. The number of hydrogen-bond donors (Lipinski definition) is 0. The third kappa shape index (κ3) is 4.86. The van der Waals surface area contributed by atoms with Gasteiger partial charge in [-0.2, -0.15) is 0 Å². The van der Waals surface area contributed by atoms with Crippen molar-refractivity contribution in [2.75, 3.05) is 27.3 Å². The van der Waals surface area contributed by atoms with Crippen LogP contribution in [0.25, 0.3) is 0 Å². The molecular weight excluding hydrogens is 384 g/mol. The van der Waals surface area contributed by atoms with E-state index in [9.17, 15) is 0 Å². The van der Waals surface area contributed by atoms with Crippen molar-refractivity contribution in [1.29, 1.82) is 0 Å². The summed E-state index contributed by atoms with van der Waals surface area (Å²) in [6.45, 7) is 4.19. The van der Waals surface area contributed by atoms with E-state index in [0.29, 0.717) is 30.5 Å². The third-order valence-electron chi connectivity index (χ3n) is 4.81. The maximum atomic E-state index is 6.06. The second-order valence-corrected chi connectivity index (χ2v) is 7.40.